The summed E-state index contributed by atoms with van der Waals surface area (Å²) in [7, 11) is -3.76. The second-order valence-electron chi connectivity index (χ2n) is 6.28. The molecule has 1 saturated heterocycles. The monoisotopic (exact) mass is 361 g/mol. The van der Waals surface area contributed by atoms with Crippen LogP contribution in [0.2, 0.25) is 0 Å². The molecule has 3 rings (SSSR count). The quantitative estimate of drug-likeness (QED) is 0.791. The fourth-order valence-corrected chi connectivity index (χ4v) is 4.90. The van der Waals surface area contributed by atoms with E-state index in [4.69, 9.17) is 0 Å². The number of amides is 1. The number of pyridine rings is 1. The van der Waals surface area contributed by atoms with Gasteiger partial charge in [0.2, 0.25) is 15.9 Å². The molecule has 2 aromatic rings. The minimum atomic E-state index is -3.76. The van der Waals surface area contributed by atoms with Gasteiger partial charge in [-0.2, -0.15) is 4.31 Å². The second-order valence-corrected chi connectivity index (χ2v) is 8.19. The minimum Gasteiger partial charge on any atom is -0.342 e. The Balaban J connectivity index is 1.94. The molecule has 0 N–H and O–H groups in total. The molecular formula is C18H23N3O3S. The number of nitrogens with zero attached hydrogens (tertiary/aromatic N) is 3. The number of carbonyl (C=O) groups is 1. The number of rotatable bonds is 6. The second kappa shape index (κ2) is 7.49. The Bertz CT molecular complexity index is 856. The molecule has 1 aliphatic heterocycles. The fourth-order valence-electron chi connectivity index (χ4n) is 3.21. The molecule has 0 spiro atoms. The molecular weight excluding hydrogens is 338 g/mol. The summed E-state index contributed by atoms with van der Waals surface area (Å²) < 4.78 is 27.8. The van der Waals surface area contributed by atoms with Gasteiger partial charge in [-0.05, 0) is 31.4 Å². The molecule has 0 bridgehead atoms. The number of benzene rings is 1. The first-order valence-corrected chi connectivity index (χ1v) is 10.1. The van der Waals surface area contributed by atoms with Crippen LogP contribution in [0.5, 0.6) is 0 Å². The average molecular weight is 361 g/mol. The van der Waals surface area contributed by atoms with Crippen molar-refractivity contribution >= 4 is 26.7 Å². The maximum Gasteiger partial charge on any atom is 0.244 e. The fraction of sp³-hybridized carbons (Fsp3) is 0.444. The Hall–Kier alpha value is -1.99. The smallest absolute Gasteiger partial charge is 0.244 e. The first-order valence-electron chi connectivity index (χ1n) is 8.64. The van der Waals surface area contributed by atoms with Crippen LogP contribution < -0.4 is 0 Å². The van der Waals surface area contributed by atoms with E-state index in [1.165, 1.54) is 4.31 Å². The lowest BCUT2D eigenvalue weighted by atomic mass is 10.2. The summed E-state index contributed by atoms with van der Waals surface area (Å²) in [6, 6.07) is 6.85. The zero-order chi connectivity index (χ0) is 17.9. The van der Waals surface area contributed by atoms with E-state index < -0.39 is 10.0 Å². The van der Waals surface area contributed by atoms with E-state index in [1.807, 2.05) is 13.0 Å². The molecule has 134 valence electrons. The van der Waals surface area contributed by atoms with Crippen LogP contribution >= 0.6 is 0 Å². The number of sulfonamides is 1. The molecule has 1 amide bonds. The van der Waals surface area contributed by atoms with Crippen molar-refractivity contribution in [1.29, 1.82) is 0 Å². The minimum absolute atomic E-state index is 0.0996. The van der Waals surface area contributed by atoms with Gasteiger partial charge in [-0.25, -0.2) is 8.42 Å². The lowest BCUT2D eigenvalue weighted by Gasteiger charge is -2.24. The lowest BCUT2D eigenvalue weighted by molar-refractivity contribution is -0.130. The van der Waals surface area contributed by atoms with Crippen LogP contribution in [0.1, 0.15) is 26.2 Å². The highest BCUT2D eigenvalue weighted by Gasteiger charge is 2.29. The summed E-state index contributed by atoms with van der Waals surface area (Å²) in [6.45, 7) is 3.58. The molecule has 0 radical (unpaired) electrons. The third kappa shape index (κ3) is 3.67. The summed E-state index contributed by atoms with van der Waals surface area (Å²) in [4.78, 5) is 18.5. The van der Waals surface area contributed by atoms with Crippen molar-refractivity contribution in [3.05, 3.63) is 36.7 Å². The average Bonchev–Trinajstić information content (AvgIpc) is 3.15. The van der Waals surface area contributed by atoms with Crippen molar-refractivity contribution in [3.8, 4) is 0 Å². The predicted octanol–water partition coefficient (Wildman–Crippen LogP) is 2.26. The van der Waals surface area contributed by atoms with Gasteiger partial charge >= 0.3 is 0 Å². The Morgan fingerprint density at radius 3 is 2.72 bits per heavy atom. The predicted molar refractivity (Wildman–Crippen MR) is 96.6 cm³/mol. The van der Waals surface area contributed by atoms with E-state index in [0.29, 0.717) is 18.4 Å². The number of hydrogen-bond acceptors (Lipinski definition) is 4. The van der Waals surface area contributed by atoms with Crippen molar-refractivity contribution < 1.29 is 13.2 Å². The van der Waals surface area contributed by atoms with Crippen molar-refractivity contribution in [1.82, 2.24) is 14.2 Å². The van der Waals surface area contributed by atoms with Crippen LogP contribution in [-0.2, 0) is 14.8 Å². The maximum atomic E-state index is 13.2. The van der Waals surface area contributed by atoms with Gasteiger partial charge in [0.25, 0.3) is 0 Å². The number of hydrogen-bond donors (Lipinski definition) is 0. The van der Waals surface area contributed by atoms with E-state index in [9.17, 15) is 13.2 Å². The normalized spacial score (nSPS) is 15.2. The molecule has 1 aromatic carbocycles. The van der Waals surface area contributed by atoms with E-state index in [2.05, 4.69) is 4.98 Å². The van der Waals surface area contributed by atoms with E-state index in [-0.39, 0.29) is 17.3 Å². The molecule has 1 aromatic heterocycles. The van der Waals surface area contributed by atoms with Gasteiger partial charge in [-0.3, -0.25) is 9.78 Å². The molecule has 0 atom stereocenters. The Morgan fingerprint density at radius 2 is 2.00 bits per heavy atom. The van der Waals surface area contributed by atoms with Crippen LogP contribution in [0.3, 0.4) is 0 Å². The molecule has 6 nitrogen and oxygen atoms in total. The third-order valence-electron chi connectivity index (χ3n) is 4.50. The van der Waals surface area contributed by atoms with Crippen LogP contribution in [0.4, 0.5) is 0 Å². The molecule has 2 heterocycles. The van der Waals surface area contributed by atoms with Crippen LogP contribution in [0.25, 0.3) is 10.8 Å². The van der Waals surface area contributed by atoms with Gasteiger partial charge in [0.15, 0.2) is 0 Å². The summed E-state index contributed by atoms with van der Waals surface area (Å²) in [5.74, 6) is -0.114. The highest BCUT2D eigenvalue weighted by Crippen LogP contribution is 2.25. The highest BCUT2D eigenvalue weighted by molar-refractivity contribution is 7.89. The number of likely N-dealkylation sites (tertiary alicyclic amines) is 1. The van der Waals surface area contributed by atoms with E-state index in [1.54, 1.807) is 35.5 Å². The molecule has 0 unspecified atom stereocenters. The molecule has 7 heteroatoms. The molecule has 0 aliphatic carbocycles. The zero-order valence-electron chi connectivity index (χ0n) is 14.4. The third-order valence-corrected chi connectivity index (χ3v) is 6.41. The number of aromatic nitrogens is 1. The van der Waals surface area contributed by atoms with Gasteiger partial charge in [-0.15, -0.1) is 0 Å². The molecule has 25 heavy (non-hydrogen) atoms. The van der Waals surface area contributed by atoms with E-state index >= 15 is 0 Å². The summed E-state index contributed by atoms with van der Waals surface area (Å²) >= 11 is 0. The number of carbonyl (C=O) groups excluding carboxylic acids is 1. The highest BCUT2D eigenvalue weighted by atomic mass is 32.2. The standard InChI is InChI=1S/C18H23N3O3S/c1-2-10-21(14-18(22)20-11-3-4-12-20)25(23,24)17-7-5-6-15-13-19-9-8-16(15)17/h5-9,13H,2-4,10-12,14H2,1H3. The first kappa shape index (κ1) is 17.8. The Morgan fingerprint density at radius 1 is 1.24 bits per heavy atom. The Kier molecular flexibility index (Phi) is 5.34. The number of fused-ring (bicyclic) bond motifs is 1. The van der Waals surface area contributed by atoms with Crippen molar-refractivity contribution in [2.24, 2.45) is 0 Å². The summed E-state index contributed by atoms with van der Waals surface area (Å²) in [6.07, 6.45) is 5.86. The Labute approximate surface area is 148 Å². The summed E-state index contributed by atoms with van der Waals surface area (Å²) in [5.41, 5.74) is 0. The van der Waals surface area contributed by atoms with Crippen LogP contribution in [0.15, 0.2) is 41.6 Å². The van der Waals surface area contributed by atoms with Crippen molar-refractivity contribution in [2.45, 2.75) is 31.1 Å². The lowest BCUT2D eigenvalue weighted by Crippen LogP contribution is -2.42. The van der Waals surface area contributed by atoms with Gasteiger partial charge < -0.3 is 4.90 Å². The van der Waals surface area contributed by atoms with Gasteiger partial charge in [0, 0.05) is 42.8 Å². The molecule has 1 fully saturated rings. The van der Waals surface area contributed by atoms with Gasteiger partial charge in [0.05, 0.1) is 11.4 Å². The van der Waals surface area contributed by atoms with Gasteiger partial charge in [-0.1, -0.05) is 19.1 Å². The first-order chi connectivity index (χ1) is 12.0. The summed E-state index contributed by atoms with van der Waals surface area (Å²) in [5, 5.41) is 1.40. The van der Waals surface area contributed by atoms with Gasteiger partial charge in [0.1, 0.15) is 0 Å². The van der Waals surface area contributed by atoms with Crippen LogP contribution in [0, 0.1) is 0 Å². The van der Waals surface area contributed by atoms with E-state index in [0.717, 1.165) is 31.3 Å². The topological polar surface area (TPSA) is 70.6 Å². The van der Waals surface area contributed by atoms with Crippen LogP contribution in [-0.4, -0.2) is 54.7 Å². The molecule has 1 aliphatic rings. The maximum absolute atomic E-state index is 13.2. The SMILES string of the molecule is CCCN(CC(=O)N1CCCC1)S(=O)(=O)c1cccc2cnccc12. The zero-order valence-corrected chi connectivity index (χ0v) is 15.2. The molecule has 0 saturated carbocycles. The van der Waals surface area contributed by atoms with Crippen molar-refractivity contribution in [3.63, 3.8) is 0 Å². The van der Waals surface area contributed by atoms with Crippen molar-refractivity contribution in [2.75, 3.05) is 26.2 Å². The largest absolute Gasteiger partial charge is 0.342 e.